The predicted octanol–water partition coefficient (Wildman–Crippen LogP) is 3.49. The summed E-state index contributed by atoms with van der Waals surface area (Å²) in [6, 6.07) is 14.0. The number of imide groups is 1. The molecule has 0 radical (unpaired) electrons. The first kappa shape index (κ1) is 15.4. The molecular weight excluding hydrogens is 318 g/mol. The standard InChI is InChI=1S/C19H17N3O3/c1-12-18(23)22(15-8-9-16-17(10-15)25-13(2)20-16)19(24)21(12)11-14-6-4-3-5-7-14/h3-10,12H,11H2,1-2H3. The number of nitrogens with zero attached hydrogens (tertiary/aromatic N) is 3. The zero-order valence-corrected chi connectivity index (χ0v) is 14.0. The minimum atomic E-state index is -0.514. The van der Waals surface area contributed by atoms with Gasteiger partial charge in [-0.25, -0.2) is 14.7 Å². The topological polar surface area (TPSA) is 66.7 Å². The molecule has 4 rings (SSSR count). The molecule has 6 nitrogen and oxygen atoms in total. The van der Waals surface area contributed by atoms with Crippen LogP contribution in [-0.4, -0.2) is 27.9 Å². The average Bonchev–Trinajstić information content (AvgIpc) is 3.07. The summed E-state index contributed by atoms with van der Waals surface area (Å²) >= 11 is 0. The molecule has 0 aliphatic carbocycles. The Morgan fingerprint density at radius 2 is 1.88 bits per heavy atom. The summed E-state index contributed by atoms with van der Waals surface area (Å²) in [5, 5.41) is 0. The molecule has 0 bridgehead atoms. The Balaban J connectivity index is 1.67. The molecule has 1 atom stereocenters. The molecule has 1 aliphatic heterocycles. The van der Waals surface area contributed by atoms with E-state index in [1.165, 1.54) is 4.90 Å². The molecule has 1 aromatic heterocycles. The van der Waals surface area contributed by atoms with Crippen LogP contribution in [0.5, 0.6) is 0 Å². The molecule has 1 unspecified atom stereocenters. The lowest BCUT2D eigenvalue weighted by molar-refractivity contribution is -0.119. The van der Waals surface area contributed by atoms with Crippen molar-refractivity contribution in [3.8, 4) is 0 Å². The van der Waals surface area contributed by atoms with Crippen LogP contribution in [0.25, 0.3) is 11.1 Å². The zero-order valence-electron chi connectivity index (χ0n) is 14.0. The Labute approximate surface area is 144 Å². The number of benzene rings is 2. The number of rotatable bonds is 3. The highest BCUT2D eigenvalue weighted by Gasteiger charge is 2.43. The zero-order chi connectivity index (χ0) is 17.6. The number of anilines is 1. The molecule has 6 heteroatoms. The fraction of sp³-hybridized carbons (Fsp3) is 0.211. The van der Waals surface area contributed by atoms with Crippen molar-refractivity contribution in [2.75, 3.05) is 4.90 Å². The highest BCUT2D eigenvalue weighted by molar-refractivity contribution is 6.21. The first-order chi connectivity index (χ1) is 12.0. The molecule has 3 aromatic rings. The van der Waals surface area contributed by atoms with Crippen LogP contribution in [0.15, 0.2) is 52.9 Å². The quantitative estimate of drug-likeness (QED) is 0.687. The van der Waals surface area contributed by atoms with Gasteiger partial charge >= 0.3 is 6.03 Å². The van der Waals surface area contributed by atoms with Crippen LogP contribution < -0.4 is 4.90 Å². The molecule has 1 aliphatic rings. The Morgan fingerprint density at radius 1 is 1.12 bits per heavy atom. The second-order valence-corrected chi connectivity index (χ2v) is 6.13. The predicted molar refractivity (Wildman–Crippen MR) is 93.1 cm³/mol. The van der Waals surface area contributed by atoms with Crippen molar-refractivity contribution in [1.29, 1.82) is 0 Å². The molecule has 126 valence electrons. The van der Waals surface area contributed by atoms with E-state index in [4.69, 9.17) is 4.42 Å². The van der Waals surface area contributed by atoms with Gasteiger partial charge in [0.05, 0.1) is 5.69 Å². The highest BCUT2D eigenvalue weighted by atomic mass is 16.3. The maximum absolute atomic E-state index is 12.9. The van der Waals surface area contributed by atoms with E-state index in [9.17, 15) is 9.59 Å². The summed E-state index contributed by atoms with van der Waals surface area (Å²) in [6.07, 6.45) is 0. The number of oxazole rings is 1. The van der Waals surface area contributed by atoms with E-state index in [1.807, 2.05) is 30.3 Å². The van der Waals surface area contributed by atoms with Crippen LogP contribution >= 0.6 is 0 Å². The molecule has 0 spiro atoms. The number of amides is 3. The monoisotopic (exact) mass is 335 g/mol. The Morgan fingerprint density at radius 3 is 2.64 bits per heavy atom. The second-order valence-electron chi connectivity index (χ2n) is 6.13. The van der Waals surface area contributed by atoms with Gasteiger partial charge in [0.25, 0.3) is 5.91 Å². The third kappa shape index (κ3) is 2.55. The van der Waals surface area contributed by atoms with Gasteiger partial charge in [0, 0.05) is 19.5 Å². The number of aryl methyl sites for hydroxylation is 1. The molecule has 1 saturated heterocycles. The van der Waals surface area contributed by atoms with Gasteiger partial charge in [0.2, 0.25) is 0 Å². The minimum Gasteiger partial charge on any atom is -0.441 e. The van der Waals surface area contributed by atoms with Crippen molar-refractivity contribution in [2.45, 2.75) is 26.4 Å². The van der Waals surface area contributed by atoms with E-state index in [0.29, 0.717) is 29.2 Å². The number of carbonyl (C=O) groups excluding carboxylic acids is 2. The van der Waals surface area contributed by atoms with Gasteiger partial charge in [-0.2, -0.15) is 0 Å². The highest BCUT2D eigenvalue weighted by Crippen LogP contribution is 2.29. The summed E-state index contributed by atoms with van der Waals surface area (Å²) < 4.78 is 5.51. The fourth-order valence-electron chi connectivity index (χ4n) is 3.10. The first-order valence-electron chi connectivity index (χ1n) is 8.10. The van der Waals surface area contributed by atoms with Gasteiger partial charge in [-0.3, -0.25) is 4.79 Å². The van der Waals surface area contributed by atoms with Gasteiger partial charge < -0.3 is 9.32 Å². The lowest BCUT2D eigenvalue weighted by atomic mass is 10.2. The number of urea groups is 1. The fourth-order valence-corrected chi connectivity index (χ4v) is 3.10. The number of hydrogen-bond acceptors (Lipinski definition) is 4. The maximum Gasteiger partial charge on any atom is 0.332 e. The second kappa shape index (κ2) is 5.73. The van der Waals surface area contributed by atoms with Crippen LogP contribution in [0, 0.1) is 6.92 Å². The van der Waals surface area contributed by atoms with Crippen molar-refractivity contribution in [3.63, 3.8) is 0 Å². The molecule has 1 fully saturated rings. The number of carbonyl (C=O) groups is 2. The van der Waals surface area contributed by atoms with Crippen LogP contribution in [0.4, 0.5) is 10.5 Å². The average molecular weight is 335 g/mol. The van der Waals surface area contributed by atoms with Gasteiger partial charge in [-0.15, -0.1) is 0 Å². The normalized spacial score (nSPS) is 17.8. The first-order valence-corrected chi connectivity index (χ1v) is 8.10. The van der Waals surface area contributed by atoms with Crippen molar-refractivity contribution >= 4 is 28.7 Å². The third-order valence-corrected chi connectivity index (χ3v) is 4.42. The Bertz CT molecular complexity index is 964. The van der Waals surface area contributed by atoms with E-state index in [0.717, 1.165) is 5.56 Å². The van der Waals surface area contributed by atoms with Crippen molar-refractivity contribution < 1.29 is 14.0 Å². The Kier molecular flexibility index (Phi) is 3.53. The van der Waals surface area contributed by atoms with Gasteiger partial charge in [-0.05, 0) is 24.6 Å². The summed E-state index contributed by atoms with van der Waals surface area (Å²) in [5.41, 5.74) is 2.75. The van der Waals surface area contributed by atoms with E-state index >= 15 is 0 Å². The van der Waals surface area contributed by atoms with Crippen LogP contribution in [0.1, 0.15) is 18.4 Å². The molecule has 2 heterocycles. The smallest absolute Gasteiger partial charge is 0.332 e. The van der Waals surface area contributed by atoms with Crippen LogP contribution in [0.3, 0.4) is 0 Å². The van der Waals surface area contributed by atoms with Crippen LogP contribution in [-0.2, 0) is 11.3 Å². The summed E-state index contributed by atoms with van der Waals surface area (Å²) in [6.45, 7) is 3.91. The summed E-state index contributed by atoms with van der Waals surface area (Å²) in [4.78, 5) is 32.6. The SMILES string of the molecule is Cc1nc2ccc(N3C(=O)C(C)N(Cc4ccccc4)C3=O)cc2o1. The van der Waals surface area contributed by atoms with Crippen molar-refractivity contribution in [2.24, 2.45) is 0 Å². The third-order valence-electron chi connectivity index (χ3n) is 4.42. The molecule has 0 saturated carbocycles. The lowest BCUT2D eigenvalue weighted by Gasteiger charge is -2.19. The van der Waals surface area contributed by atoms with Gasteiger partial charge in [-0.1, -0.05) is 30.3 Å². The van der Waals surface area contributed by atoms with E-state index in [-0.39, 0.29) is 11.9 Å². The van der Waals surface area contributed by atoms with Gasteiger partial charge in [0.1, 0.15) is 11.6 Å². The molecular formula is C19H17N3O3. The van der Waals surface area contributed by atoms with Crippen molar-refractivity contribution in [3.05, 3.63) is 60.0 Å². The van der Waals surface area contributed by atoms with Crippen molar-refractivity contribution in [1.82, 2.24) is 9.88 Å². The van der Waals surface area contributed by atoms with Crippen LogP contribution in [0.2, 0.25) is 0 Å². The number of aromatic nitrogens is 1. The van der Waals surface area contributed by atoms with Gasteiger partial charge in [0.15, 0.2) is 11.5 Å². The molecule has 2 aromatic carbocycles. The van der Waals surface area contributed by atoms with E-state index < -0.39 is 6.04 Å². The summed E-state index contributed by atoms with van der Waals surface area (Å²) in [7, 11) is 0. The molecule has 0 N–H and O–H groups in total. The molecule has 3 amide bonds. The number of hydrogen-bond donors (Lipinski definition) is 0. The minimum absolute atomic E-state index is 0.239. The largest absolute Gasteiger partial charge is 0.441 e. The lowest BCUT2D eigenvalue weighted by Crippen LogP contribution is -2.33. The molecule has 25 heavy (non-hydrogen) atoms. The summed E-state index contributed by atoms with van der Waals surface area (Å²) in [5.74, 6) is 0.307. The Hall–Kier alpha value is -3.15. The van der Waals surface area contributed by atoms with E-state index in [2.05, 4.69) is 4.98 Å². The maximum atomic E-state index is 12.9. The number of fused-ring (bicyclic) bond motifs is 1. The van der Waals surface area contributed by atoms with E-state index in [1.54, 1.807) is 36.9 Å².